The van der Waals surface area contributed by atoms with Gasteiger partial charge in [0.2, 0.25) is 5.91 Å². The molecule has 0 spiro atoms. The lowest BCUT2D eigenvalue weighted by Gasteiger charge is -2.29. The monoisotopic (exact) mass is 233 g/mol. The Bertz CT molecular complexity index is 185. The third kappa shape index (κ3) is 4.43. The highest BCUT2D eigenvalue weighted by Gasteiger charge is 2.26. The first-order chi connectivity index (χ1) is 7.05. The highest BCUT2D eigenvalue weighted by Crippen LogP contribution is 2.24. The summed E-state index contributed by atoms with van der Waals surface area (Å²) < 4.78 is 0. The number of aliphatic hydroxyl groups excluding tert-OH is 1. The van der Waals surface area contributed by atoms with Gasteiger partial charge in [0.25, 0.3) is 0 Å². The lowest BCUT2D eigenvalue weighted by atomic mass is 9.83. The summed E-state index contributed by atoms with van der Waals surface area (Å²) in [5.74, 6) is 0.0576. The largest absolute Gasteiger partial charge is 0.396 e. The van der Waals surface area contributed by atoms with Crippen molar-refractivity contribution in [2.75, 3.05) is 19.4 Å². The molecule has 0 heterocycles. The summed E-state index contributed by atoms with van der Waals surface area (Å²) in [7, 11) is 0. The molecule has 0 aromatic rings. The molecular weight excluding hydrogens is 210 g/mol. The molecule has 0 aliphatic carbocycles. The first kappa shape index (κ1) is 14.8. The molecule has 0 aromatic carbocycles. The fourth-order valence-electron chi connectivity index (χ4n) is 1.30. The summed E-state index contributed by atoms with van der Waals surface area (Å²) >= 11 is 1.53. The lowest BCUT2D eigenvalue weighted by molar-refractivity contribution is -0.121. The Morgan fingerprint density at radius 2 is 2.00 bits per heavy atom. The van der Waals surface area contributed by atoms with Gasteiger partial charge in [-0.2, -0.15) is 11.8 Å². The van der Waals surface area contributed by atoms with Gasteiger partial charge in [-0.15, -0.1) is 0 Å². The quantitative estimate of drug-likeness (QED) is 0.703. The molecule has 0 rings (SSSR count). The maximum absolute atomic E-state index is 11.6. The van der Waals surface area contributed by atoms with Crippen LogP contribution >= 0.6 is 11.8 Å². The van der Waals surface area contributed by atoms with Gasteiger partial charge >= 0.3 is 0 Å². The van der Waals surface area contributed by atoms with Gasteiger partial charge in [0.1, 0.15) is 0 Å². The van der Waals surface area contributed by atoms with Crippen molar-refractivity contribution in [3.8, 4) is 0 Å². The zero-order chi connectivity index (χ0) is 11.9. The molecule has 0 aliphatic rings. The number of hydrogen-bond acceptors (Lipinski definition) is 3. The maximum atomic E-state index is 11.6. The number of nitrogens with one attached hydrogen (secondary N) is 1. The number of hydrogen-bond donors (Lipinski definition) is 2. The van der Waals surface area contributed by atoms with Crippen molar-refractivity contribution in [1.82, 2.24) is 5.32 Å². The molecule has 1 unspecified atom stereocenters. The standard InChI is InChI=1S/C11H23NO2S/c1-5-11(6-2,8-13)7-12-10(14)9(3)15-4/h9,13H,5-8H2,1-4H3,(H,12,14). The first-order valence-corrected chi connectivity index (χ1v) is 6.75. The van der Waals surface area contributed by atoms with E-state index in [2.05, 4.69) is 5.32 Å². The lowest BCUT2D eigenvalue weighted by Crippen LogP contribution is -2.41. The van der Waals surface area contributed by atoms with Gasteiger partial charge < -0.3 is 10.4 Å². The van der Waals surface area contributed by atoms with E-state index in [1.165, 1.54) is 11.8 Å². The van der Waals surface area contributed by atoms with Crippen molar-refractivity contribution in [3.63, 3.8) is 0 Å². The van der Waals surface area contributed by atoms with Gasteiger partial charge in [-0.3, -0.25) is 4.79 Å². The molecule has 0 aliphatic heterocycles. The summed E-state index contributed by atoms with van der Waals surface area (Å²) in [6.07, 6.45) is 3.69. The smallest absolute Gasteiger partial charge is 0.232 e. The number of amides is 1. The van der Waals surface area contributed by atoms with Gasteiger partial charge in [0, 0.05) is 12.0 Å². The van der Waals surface area contributed by atoms with Crippen LogP contribution in [0.2, 0.25) is 0 Å². The molecule has 4 heteroatoms. The van der Waals surface area contributed by atoms with Crippen LogP contribution in [0.3, 0.4) is 0 Å². The van der Waals surface area contributed by atoms with E-state index >= 15 is 0 Å². The molecule has 3 nitrogen and oxygen atoms in total. The average Bonchev–Trinajstić information content (AvgIpc) is 2.30. The van der Waals surface area contributed by atoms with E-state index in [1.54, 1.807) is 0 Å². The minimum Gasteiger partial charge on any atom is -0.396 e. The summed E-state index contributed by atoms with van der Waals surface area (Å²) in [6.45, 7) is 6.68. The number of rotatable bonds is 7. The molecule has 15 heavy (non-hydrogen) atoms. The van der Waals surface area contributed by atoms with Crippen LogP contribution in [0, 0.1) is 5.41 Å². The van der Waals surface area contributed by atoms with E-state index in [0.29, 0.717) is 6.54 Å². The summed E-state index contributed by atoms with van der Waals surface area (Å²) in [6, 6.07) is 0. The molecule has 0 aromatic heterocycles. The molecule has 1 atom stereocenters. The Morgan fingerprint density at radius 1 is 1.47 bits per heavy atom. The third-order valence-electron chi connectivity index (χ3n) is 3.20. The van der Waals surface area contributed by atoms with Crippen LogP contribution in [-0.2, 0) is 4.79 Å². The second-order valence-corrected chi connectivity index (χ2v) is 5.14. The highest BCUT2D eigenvalue weighted by molar-refractivity contribution is 7.99. The number of carbonyl (C=O) groups excluding carboxylic acids is 1. The van der Waals surface area contributed by atoms with Gasteiger partial charge in [0.05, 0.1) is 11.9 Å². The minimum atomic E-state index is -0.145. The number of thioether (sulfide) groups is 1. The Hall–Kier alpha value is -0.220. The molecule has 1 amide bonds. The van der Waals surface area contributed by atoms with Crippen molar-refractivity contribution in [3.05, 3.63) is 0 Å². The van der Waals surface area contributed by atoms with Crippen LogP contribution in [0.4, 0.5) is 0 Å². The van der Waals surface area contributed by atoms with Crippen LogP contribution in [0.1, 0.15) is 33.6 Å². The van der Waals surface area contributed by atoms with Crippen LogP contribution in [-0.4, -0.2) is 35.7 Å². The minimum absolute atomic E-state index is 0.0184. The topological polar surface area (TPSA) is 49.3 Å². The predicted molar refractivity (Wildman–Crippen MR) is 66.1 cm³/mol. The molecule has 0 fully saturated rings. The fourth-order valence-corrected chi connectivity index (χ4v) is 1.60. The normalized spacial score (nSPS) is 13.7. The van der Waals surface area contributed by atoms with Gasteiger partial charge in [-0.1, -0.05) is 13.8 Å². The van der Waals surface area contributed by atoms with Crippen molar-refractivity contribution in [2.24, 2.45) is 5.41 Å². The zero-order valence-corrected chi connectivity index (χ0v) is 11.0. The fraction of sp³-hybridized carbons (Fsp3) is 0.909. The summed E-state index contributed by atoms with van der Waals surface area (Å²) in [5.41, 5.74) is -0.145. The van der Waals surface area contributed by atoms with Crippen LogP contribution < -0.4 is 5.32 Å². The van der Waals surface area contributed by atoms with Crippen molar-refractivity contribution >= 4 is 17.7 Å². The van der Waals surface area contributed by atoms with Crippen molar-refractivity contribution < 1.29 is 9.90 Å². The Kier molecular flexibility index (Phi) is 7.02. The first-order valence-electron chi connectivity index (χ1n) is 5.46. The van der Waals surface area contributed by atoms with Gasteiger partial charge in [0.15, 0.2) is 0 Å². The Morgan fingerprint density at radius 3 is 2.33 bits per heavy atom. The second kappa shape index (κ2) is 7.12. The average molecular weight is 233 g/mol. The van der Waals surface area contributed by atoms with Gasteiger partial charge in [-0.25, -0.2) is 0 Å². The van der Waals surface area contributed by atoms with Crippen LogP contribution in [0.25, 0.3) is 0 Å². The van der Waals surface area contributed by atoms with Crippen molar-refractivity contribution in [1.29, 1.82) is 0 Å². The molecule has 90 valence electrons. The van der Waals surface area contributed by atoms with E-state index in [9.17, 15) is 9.90 Å². The Labute approximate surface area is 97.0 Å². The summed E-state index contributed by atoms with van der Waals surface area (Å²) in [4.78, 5) is 11.6. The van der Waals surface area contributed by atoms with E-state index in [4.69, 9.17) is 0 Å². The SMILES string of the molecule is CCC(CC)(CO)CNC(=O)C(C)SC. The number of carbonyl (C=O) groups is 1. The predicted octanol–water partition coefficient (Wildman–Crippen LogP) is 1.65. The van der Waals surface area contributed by atoms with Crippen LogP contribution in [0.15, 0.2) is 0 Å². The van der Waals surface area contributed by atoms with Crippen LogP contribution in [0.5, 0.6) is 0 Å². The number of aliphatic hydroxyl groups is 1. The summed E-state index contributed by atoms with van der Waals surface area (Å²) in [5, 5.41) is 12.2. The molecular formula is C11H23NO2S. The van der Waals surface area contributed by atoms with Crippen molar-refractivity contribution in [2.45, 2.75) is 38.9 Å². The molecule has 2 N–H and O–H groups in total. The molecule has 0 saturated carbocycles. The van der Waals surface area contributed by atoms with E-state index in [0.717, 1.165) is 12.8 Å². The van der Waals surface area contributed by atoms with E-state index < -0.39 is 0 Å². The highest BCUT2D eigenvalue weighted by atomic mass is 32.2. The Balaban J connectivity index is 4.16. The van der Waals surface area contributed by atoms with E-state index in [1.807, 2.05) is 27.0 Å². The van der Waals surface area contributed by atoms with E-state index in [-0.39, 0.29) is 23.2 Å². The molecule has 0 radical (unpaired) electrons. The molecule has 0 saturated heterocycles. The van der Waals surface area contributed by atoms with Gasteiger partial charge in [-0.05, 0) is 26.0 Å². The maximum Gasteiger partial charge on any atom is 0.232 e. The zero-order valence-electron chi connectivity index (χ0n) is 10.2. The molecule has 0 bridgehead atoms. The second-order valence-electron chi connectivity index (χ2n) is 3.96. The third-order valence-corrected chi connectivity index (χ3v) is 4.12.